The van der Waals surface area contributed by atoms with Gasteiger partial charge in [-0.1, -0.05) is 23.7 Å². The zero-order valence-electron chi connectivity index (χ0n) is 10.9. The first-order valence-corrected chi connectivity index (χ1v) is 7.35. The van der Waals surface area contributed by atoms with Crippen LogP contribution in [0.1, 0.15) is 31.4 Å². The highest BCUT2D eigenvalue weighted by Crippen LogP contribution is 2.35. The normalized spacial score (nSPS) is 27.1. The van der Waals surface area contributed by atoms with Gasteiger partial charge in [-0.3, -0.25) is 4.90 Å². The minimum Gasteiger partial charge on any atom is -0.311 e. The lowest BCUT2D eigenvalue weighted by Crippen LogP contribution is -2.52. The predicted molar refractivity (Wildman–Crippen MR) is 76.0 cm³/mol. The molecule has 2 nitrogen and oxygen atoms in total. The molecule has 2 fully saturated rings. The fraction of sp³-hybridized carbons (Fsp3) is 0.600. The number of hydrogen-bond acceptors (Lipinski definition) is 2. The van der Waals surface area contributed by atoms with Gasteiger partial charge in [0.2, 0.25) is 0 Å². The second-order valence-corrected chi connectivity index (χ2v) is 6.06. The first-order valence-electron chi connectivity index (χ1n) is 6.97. The standard InChI is InChI=1S/C15H21ClN2/c1-11(12-4-6-14(16)7-5-12)18-9-8-17-15(10-18)13-2-3-13/h4-7,11,13,15,17H,2-3,8-10H2,1H3. The number of halogens is 1. The van der Waals surface area contributed by atoms with E-state index in [0.29, 0.717) is 12.1 Å². The monoisotopic (exact) mass is 264 g/mol. The Bertz CT molecular complexity index is 399. The Kier molecular flexibility index (Phi) is 3.60. The van der Waals surface area contributed by atoms with Crippen LogP contribution in [-0.2, 0) is 0 Å². The molecular formula is C15H21ClN2. The molecule has 2 atom stereocenters. The number of rotatable bonds is 3. The van der Waals surface area contributed by atoms with Crippen LogP contribution in [0.4, 0.5) is 0 Å². The first kappa shape index (κ1) is 12.5. The molecule has 18 heavy (non-hydrogen) atoms. The lowest BCUT2D eigenvalue weighted by molar-refractivity contribution is 0.144. The van der Waals surface area contributed by atoms with Crippen molar-refractivity contribution in [2.75, 3.05) is 19.6 Å². The average molecular weight is 265 g/mol. The van der Waals surface area contributed by atoms with E-state index in [-0.39, 0.29) is 0 Å². The lowest BCUT2D eigenvalue weighted by Gasteiger charge is -2.38. The number of hydrogen-bond donors (Lipinski definition) is 1. The highest BCUT2D eigenvalue weighted by Gasteiger charge is 2.35. The molecule has 0 aromatic heterocycles. The molecule has 0 amide bonds. The van der Waals surface area contributed by atoms with Crippen molar-refractivity contribution < 1.29 is 0 Å². The Morgan fingerprint density at radius 3 is 2.67 bits per heavy atom. The van der Waals surface area contributed by atoms with Gasteiger partial charge in [0.05, 0.1) is 0 Å². The molecule has 1 aromatic rings. The van der Waals surface area contributed by atoms with E-state index in [0.717, 1.165) is 24.0 Å². The Balaban J connectivity index is 1.67. The van der Waals surface area contributed by atoms with E-state index in [1.165, 1.54) is 24.9 Å². The van der Waals surface area contributed by atoms with Crippen LogP contribution in [0.2, 0.25) is 5.02 Å². The molecule has 0 spiro atoms. The molecule has 2 aliphatic rings. The van der Waals surface area contributed by atoms with Gasteiger partial charge in [-0.2, -0.15) is 0 Å². The molecule has 1 heterocycles. The number of benzene rings is 1. The van der Waals surface area contributed by atoms with E-state index in [9.17, 15) is 0 Å². The maximum absolute atomic E-state index is 5.95. The van der Waals surface area contributed by atoms with Crippen molar-refractivity contribution in [2.45, 2.75) is 31.8 Å². The molecule has 3 heteroatoms. The van der Waals surface area contributed by atoms with Crippen LogP contribution in [0, 0.1) is 5.92 Å². The van der Waals surface area contributed by atoms with E-state index in [1.807, 2.05) is 12.1 Å². The Morgan fingerprint density at radius 2 is 2.00 bits per heavy atom. The van der Waals surface area contributed by atoms with Gasteiger partial charge in [-0.05, 0) is 43.4 Å². The summed E-state index contributed by atoms with van der Waals surface area (Å²) in [6.07, 6.45) is 2.83. The third-order valence-corrected chi connectivity index (χ3v) is 4.58. The molecule has 1 saturated heterocycles. The van der Waals surface area contributed by atoms with Gasteiger partial charge >= 0.3 is 0 Å². The van der Waals surface area contributed by atoms with Gasteiger partial charge in [-0.15, -0.1) is 0 Å². The van der Waals surface area contributed by atoms with Crippen LogP contribution in [0.3, 0.4) is 0 Å². The molecule has 1 aliphatic carbocycles. The van der Waals surface area contributed by atoms with Gasteiger partial charge in [-0.25, -0.2) is 0 Å². The van der Waals surface area contributed by atoms with Gasteiger partial charge in [0, 0.05) is 36.7 Å². The molecule has 1 N–H and O–H groups in total. The Morgan fingerprint density at radius 1 is 1.28 bits per heavy atom. The molecule has 1 aliphatic heterocycles. The van der Waals surface area contributed by atoms with E-state index in [1.54, 1.807) is 0 Å². The van der Waals surface area contributed by atoms with Crippen LogP contribution in [-0.4, -0.2) is 30.6 Å². The zero-order chi connectivity index (χ0) is 12.5. The van der Waals surface area contributed by atoms with E-state index >= 15 is 0 Å². The third-order valence-electron chi connectivity index (χ3n) is 4.33. The number of piperazine rings is 1. The topological polar surface area (TPSA) is 15.3 Å². The summed E-state index contributed by atoms with van der Waals surface area (Å²) in [5.74, 6) is 0.935. The fourth-order valence-corrected chi connectivity index (χ4v) is 3.05. The number of nitrogens with zero attached hydrogens (tertiary/aromatic N) is 1. The van der Waals surface area contributed by atoms with Crippen molar-refractivity contribution in [3.63, 3.8) is 0 Å². The summed E-state index contributed by atoms with van der Waals surface area (Å²) >= 11 is 5.95. The molecule has 2 unspecified atom stereocenters. The predicted octanol–water partition coefficient (Wildman–Crippen LogP) is 3.08. The van der Waals surface area contributed by atoms with Gasteiger partial charge in [0.1, 0.15) is 0 Å². The quantitative estimate of drug-likeness (QED) is 0.903. The van der Waals surface area contributed by atoms with Crippen molar-refractivity contribution in [1.29, 1.82) is 0 Å². The summed E-state index contributed by atoms with van der Waals surface area (Å²) in [4.78, 5) is 2.60. The van der Waals surface area contributed by atoms with E-state index < -0.39 is 0 Å². The van der Waals surface area contributed by atoms with Crippen molar-refractivity contribution in [3.05, 3.63) is 34.9 Å². The molecule has 0 bridgehead atoms. The highest BCUT2D eigenvalue weighted by atomic mass is 35.5. The summed E-state index contributed by atoms with van der Waals surface area (Å²) in [6, 6.07) is 9.50. The Labute approximate surface area is 114 Å². The van der Waals surface area contributed by atoms with Crippen molar-refractivity contribution >= 4 is 11.6 Å². The van der Waals surface area contributed by atoms with Gasteiger partial charge < -0.3 is 5.32 Å². The van der Waals surface area contributed by atoms with Gasteiger partial charge in [0.15, 0.2) is 0 Å². The minimum atomic E-state index is 0.491. The van der Waals surface area contributed by atoms with E-state index in [4.69, 9.17) is 11.6 Å². The zero-order valence-corrected chi connectivity index (χ0v) is 11.7. The SMILES string of the molecule is CC(c1ccc(Cl)cc1)N1CCNC(C2CC2)C1. The van der Waals surface area contributed by atoms with Crippen molar-refractivity contribution in [1.82, 2.24) is 10.2 Å². The largest absolute Gasteiger partial charge is 0.311 e. The second kappa shape index (κ2) is 5.20. The molecule has 98 valence electrons. The van der Waals surface area contributed by atoms with Crippen LogP contribution >= 0.6 is 11.6 Å². The maximum Gasteiger partial charge on any atom is 0.0406 e. The van der Waals surface area contributed by atoms with E-state index in [2.05, 4.69) is 29.3 Å². The lowest BCUT2D eigenvalue weighted by atomic mass is 10.0. The second-order valence-electron chi connectivity index (χ2n) is 5.62. The van der Waals surface area contributed by atoms with Gasteiger partial charge in [0.25, 0.3) is 0 Å². The first-order chi connectivity index (χ1) is 8.74. The third kappa shape index (κ3) is 2.71. The van der Waals surface area contributed by atoms with Crippen molar-refractivity contribution in [3.8, 4) is 0 Å². The average Bonchev–Trinajstić information content (AvgIpc) is 3.23. The summed E-state index contributed by atoms with van der Waals surface area (Å²) in [5.41, 5.74) is 1.37. The van der Waals surface area contributed by atoms with Crippen LogP contribution in [0.15, 0.2) is 24.3 Å². The van der Waals surface area contributed by atoms with Crippen LogP contribution in [0.25, 0.3) is 0 Å². The summed E-state index contributed by atoms with van der Waals surface area (Å²) in [7, 11) is 0. The summed E-state index contributed by atoms with van der Waals surface area (Å²) in [6.45, 7) is 5.76. The van der Waals surface area contributed by atoms with Crippen LogP contribution in [0.5, 0.6) is 0 Å². The highest BCUT2D eigenvalue weighted by molar-refractivity contribution is 6.30. The summed E-state index contributed by atoms with van der Waals surface area (Å²) < 4.78 is 0. The van der Waals surface area contributed by atoms with Crippen LogP contribution < -0.4 is 5.32 Å². The molecular weight excluding hydrogens is 244 g/mol. The maximum atomic E-state index is 5.95. The van der Waals surface area contributed by atoms with Crippen molar-refractivity contribution in [2.24, 2.45) is 5.92 Å². The number of nitrogens with one attached hydrogen (secondary N) is 1. The smallest absolute Gasteiger partial charge is 0.0406 e. The fourth-order valence-electron chi connectivity index (χ4n) is 2.92. The molecule has 0 radical (unpaired) electrons. The summed E-state index contributed by atoms with van der Waals surface area (Å²) in [5, 5.41) is 4.49. The minimum absolute atomic E-state index is 0.491. The molecule has 3 rings (SSSR count). The Hall–Kier alpha value is -0.570. The molecule has 1 saturated carbocycles. The molecule has 1 aromatic carbocycles.